The zero-order valence-corrected chi connectivity index (χ0v) is 9.67. The summed E-state index contributed by atoms with van der Waals surface area (Å²) in [6.45, 7) is 1.97. The Balaban J connectivity index is 3.01. The molecule has 14 heavy (non-hydrogen) atoms. The lowest BCUT2D eigenvalue weighted by molar-refractivity contribution is 0.0989. The van der Waals surface area contributed by atoms with Crippen molar-refractivity contribution < 1.29 is 9.90 Å². The largest absolute Gasteiger partial charge is 0.508 e. The van der Waals surface area contributed by atoms with Crippen molar-refractivity contribution in [2.24, 2.45) is 0 Å². The van der Waals surface area contributed by atoms with E-state index in [-0.39, 0.29) is 11.5 Å². The van der Waals surface area contributed by atoms with E-state index in [9.17, 15) is 9.90 Å². The molecule has 0 atom stereocenters. The van der Waals surface area contributed by atoms with Crippen LogP contribution >= 0.6 is 15.9 Å². The maximum Gasteiger partial charge on any atom is 0.163 e. The molecule has 0 aromatic heterocycles. The molecule has 0 spiro atoms. The number of Topliss-reactive ketones (excluding diaryl/α,β-unsaturated/α-hetero) is 1. The third-order valence-electron chi connectivity index (χ3n) is 2.09. The number of ketones is 1. The van der Waals surface area contributed by atoms with Gasteiger partial charge < -0.3 is 5.11 Å². The van der Waals surface area contributed by atoms with Gasteiger partial charge in [0.15, 0.2) is 5.78 Å². The van der Waals surface area contributed by atoms with Crippen LogP contribution in [-0.4, -0.2) is 16.2 Å². The van der Waals surface area contributed by atoms with Crippen LogP contribution in [0.15, 0.2) is 18.2 Å². The molecule has 0 bridgehead atoms. The SMILES string of the molecule is CCc1cc(O)ccc1C(=O)CCBr. The minimum atomic E-state index is 0.124. The van der Waals surface area contributed by atoms with Gasteiger partial charge in [-0.2, -0.15) is 0 Å². The standard InChI is InChI=1S/C11H13BrO2/c1-2-8-7-9(13)3-4-10(8)11(14)5-6-12/h3-4,7,13H,2,5-6H2,1H3. The fourth-order valence-corrected chi connectivity index (χ4v) is 1.73. The second kappa shape index (κ2) is 5.15. The molecule has 2 nitrogen and oxygen atoms in total. The molecule has 0 amide bonds. The van der Waals surface area contributed by atoms with Gasteiger partial charge in [0, 0.05) is 17.3 Å². The quantitative estimate of drug-likeness (QED) is 0.665. The molecule has 0 saturated heterocycles. The molecular formula is C11H13BrO2. The maximum atomic E-state index is 11.6. The van der Waals surface area contributed by atoms with Gasteiger partial charge in [-0.3, -0.25) is 4.79 Å². The fourth-order valence-electron chi connectivity index (χ4n) is 1.37. The number of hydrogen-bond donors (Lipinski definition) is 1. The third kappa shape index (κ3) is 2.58. The highest BCUT2D eigenvalue weighted by atomic mass is 79.9. The topological polar surface area (TPSA) is 37.3 Å². The van der Waals surface area contributed by atoms with Crippen LogP contribution in [-0.2, 0) is 6.42 Å². The molecule has 0 aliphatic rings. The highest BCUT2D eigenvalue weighted by molar-refractivity contribution is 9.09. The number of benzene rings is 1. The van der Waals surface area contributed by atoms with E-state index in [4.69, 9.17) is 0 Å². The van der Waals surface area contributed by atoms with Crippen molar-refractivity contribution in [1.29, 1.82) is 0 Å². The summed E-state index contributed by atoms with van der Waals surface area (Å²) in [6.07, 6.45) is 1.26. The van der Waals surface area contributed by atoms with Crippen molar-refractivity contribution in [3.63, 3.8) is 0 Å². The van der Waals surface area contributed by atoms with Crippen LogP contribution in [0.5, 0.6) is 5.75 Å². The highest BCUT2D eigenvalue weighted by Gasteiger charge is 2.09. The Labute approximate surface area is 92.1 Å². The lowest BCUT2D eigenvalue weighted by Crippen LogP contribution is -2.03. The molecule has 3 heteroatoms. The molecule has 0 heterocycles. The molecule has 0 aliphatic carbocycles. The average molecular weight is 257 g/mol. The Morgan fingerprint density at radius 2 is 2.21 bits per heavy atom. The van der Waals surface area contributed by atoms with Crippen LogP contribution in [0.4, 0.5) is 0 Å². The molecule has 0 fully saturated rings. The van der Waals surface area contributed by atoms with Crippen LogP contribution in [0.25, 0.3) is 0 Å². The first-order chi connectivity index (χ1) is 6.69. The number of aromatic hydroxyl groups is 1. The predicted molar refractivity (Wildman–Crippen MR) is 60.2 cm³/mol. The number of phenols is 1. The molecule has 1 aromatic carbocycles. The molecule has 0 aliphatic heterocycles. The van der Waals surface area contributed by atoms with Gasteiger partial charge in [0.2, 0.25) is 0 Å². The van der Waals surface area contributed by atoms with Crippen molar-refractivity contribution in [3.8, 4) is 5.75 Å². The number of aryl methyl sites for hydroxylation is 1. The van der Waals surface area contributed by atoms with Crippen molar-refractivity contribution in [2.75, 3.05) is 5.33 Å². The summed E-state index contributed by atoms with van der Waals surface area (Å²) in [5, 5.41) is 9.94. The van der Waals surface area contributed by atoms with Gasteiger partial charge in [-0.1, -0.05) is 22.9 Å². The van der Waals surface area contributed by atoms with E-state index < -0.39 is 0 Å². The molecule has 0 unspecified atom stereocenters. The Hall–Kier alpha value is -0.830. The number of alkyl halides is 1. The van der Waals surface area contributed by atoms with Crippen LogP contribution in [0.2, 0.25) is 0 Å². The summed E-state index contributed by atoms with van der Waals surface area (Å²) in [7, 11) is 0. The smallest absolute Gasteiger partial charge is 0.163 e. The number of carbonyl (C=O) groups excluding carboxylic acids is 1. The molecule has 1 aromatic rings. The first kappa shape index (κ1) is 11.2. The number of rotatable bonds is 4. The molecule has 1 N–H and O–H groups in total. The van der Waals surface area contributed by atoms with Gasteiger partial charge in [-0.15, -0.1) is 0 Å². The number of hydrogen-bond acceptors (Lipinski definition) is 2. The zero-order valence-electron chi connectivity index (χ0n) is 8.09. The molecule has 1 rings (SSSR count). The monoisotopic (exact) mass is 256 g/mol. The van der Waals surface area contributed by atoms with Crippen molar-refractivity contribution in [2.45, 2.75) is 19.8 Å². The first-order valence-electron chi connectivity index (χ1n) is 4.60. The van der Waals surface area contributed by atoms with E-state index in [1.54, 1.807) is 18.2 Å². The fraction of sp³-hybridized carbons (Fsp3) is 0.364. The third-order valence-corrected chi connectivity index (χ3v) is 2.49. The number of phenolic OH excluding ortho intramolecular Hbond substituents is 1. The summed E-state index contributed by atoms with van der Waals surface area (Å²) in [5.41, 5.74) is 1.64. The normalized spacial score (nSPS) is 10.1. The first-order valence-corrected chi connectivity index (χ1v) is 5.72. The summed E-state index contributed by atoms with van der Waals surface area (Å²) in [5.74, 6) is 0.343. The Kier molecular flexibility index (Phi) is 4.14. The summed E-state index contributed by atoms with van der Waals surface area (Å²) < 4.78 is 0. The highest BCUT2D eigenvalue weighted by Crippen LogP contribution is 2.18. The van der Waals surface area contributed by atoms with E-state index in [1.807, 2.05) is 6.92 Å². The number of halogens is 1. The Morgan fingerprint density at radius 3 is 2.79 bits per heavy atom. The minimum absolute atomic E-state index is 0.124. The van der Waals surface area contributed by atoms with E-state index >= 15 is 0 Å². The van der Waals surface area contributed by atoms with E-state index in [1.165, 1.54) is 0 Å². The summed E-state index contributed by atoms with van der Waals surface area (Å²) in [4.78, 5) is 11.6. The number of carbonyl (C=O) groups is 1. The molecular weight excluding hydrogens is 244 g/mol. The van der Waals surface area contributed by atoms with Gasteiger partial charge in [0.05, 0.1) is 0 Å². The zero-order chi connectivity index (χ0) is 10.6. The minimum Gasteiger partial charge on any atom is -0.508 e. The van der Waals surface area contributed by atoms with E-state index in [2.05, 4.69) is 15.9 Å². The van der Waals surface area contributed by atoms with Crippen LogP contribution in [0.3, 0.4) is 0 Å². The Morgan fingerprint density at radius 1 is 1.50 bits per heavy atom. The lowest BCUT2D eigenvalue weighted by atomic mass is 10.00. The van der Waals surface area contributed by atoms with Gasteiger partial charge in [-0.25, -0.2) is 0 Å². The molecule has 0 saturated carbocycles. The molecule has 76 valence electrons. The van der Waals surface area contributed by atoms with Crippen molar-refractivity contribution >= 4 is 21.7 Å². The second-order valence-corrected chi connectivity index (χ2v) is 3.85. The van der Waals surface area contributed by atoms with Crippen LogP contribution in [0, 0.1) is 0 Å². The lowest BCUT2D eigenvalue weighted by Gasteiger charge is -2.06. The van der Waals surface area contributed by atoms with Gasteiger partial charge in [-0.05, 0) is 30.2 Å². The molecule has 0 radical (unpaired) electrons. The van der Waals surface area contributed by atoms with Crippen molar-refractivity contribution in [3.05, 3.63) is 29.3 Å². The van der Waals surface area contributed by atoms with Gasteiger partial charge in [0.1, 0.15) is 5.75 Å². The van der Waals surface area contributed by atoms with Crippen LogP contribution < -0.4 is 0 Å². The summed E-state index contributed by atoms with van der Waals surface area (Å²) in [6, 6.07) is 4.90. The van der Waals surface area contributed by atoms with E-state index in [0.29, 0.717) is 11.8 Å². The average Bonchev–Trinajstić information content (AvgIpc) is 2.17. The second-order valence-electron chi connectivity index (χ2n) is 3.06. The van der Waals surface area contributed by atoms with E-state index in [0.717, 1.165) is 17.5 Å². The summed E-state index contributed by atoms with van der Waals surface area (Å²) >= 11 is 3.24. The Bertz CT molecular complexity index is 334. The predicted octanol–water partition coefficient (Wildman–Crippen LogP) is 2.92. The maximum absolute atomic E-state index is 11.6. The van der Waals surface area contributed by atoms with Crippen LogP contribution in [0.1, 0.15) is 29.3 Å². The van der Waals surface area contributed by atoms with Gasteiger partial charge >= 0.3 is 0 Å². The van der Waals surface area contributed by atoms with Gasteiger partial charge in [0.25, 0.3) is 0 Å². The van der Waals surface area contributed by atoms with Crippen molar-refractivity contribution in [1.82, 2.24) is 0 Å².